The van der Waals surface area contributed by atoms with Gasteiger partial charge in [0.05, 0.1) is 5.60 Å². The molecule has 0 N–H and O–H groups in total. The first-order chi connectivity index (χ1) is 6.47. The van der Waals surface area contributed by atoms with Crippen molar-refractivity contribution >= 4 is 0 Å². The van der Waals surface area contributed by atoms with E-state index in [4.69, 9.17) is 4.74 Å². The van der Waals surface area contributed by atoms with Crippen LogP contribution in [0.1, 0.15) is 68.2 Å². The average molecular weight is 214 g/mol. The Bertz CT molecular complexity index is 164. The van der Waals surface area contributed by atoms with Crippen LogP contribution < -0.4 is 0 Å². The van der Waals surface area contributed by atoms with E-state index in [-0.39, 0.29) is 5.60 Å². The van der Waals surface area contributed by atoms with Gasteiger partial charge in [0.15, 0.2) is 0 Å². The fourth-order valence-electron chi connectivity index (χ4n) is 2.76. The molecule has 0 saturated heterocycles. The molecule has 0 heterocycles. The van der Waals surface area contributed by atoms with Gasteiger partial charge in [-0.25, -0.2) is 0 Å². The van der Waals surface area contributed by atoms with Crippen LogP contribution in [0, 0.1) is 10.8 Å². The van der Waals surface area contributed by atoms with Crippen molar-refractivity contribution in [1.29, 1.82) is 0 Å². The Hall–Kier alpha value is -0.0400. The van der Waals surface area contributed by atoms with Crippen molar-refractivity contribution in [3.63, 3.8) is 0 Å². The summed E-state index contributed by atoms with van der Waals surface area (Å²) in [5, 5.41) is 0. The third kappa shape index (κ3) is 7.84. The summed E-state index contributed by atoms with van der Waals surface area (Å²) in [6.45, 7) is 18.9. The second kappa shape index (κ2) is 4.86. The molecule has 0 aliphatic carbocycles. The van der Waals surface area contributed by atoms with Gasteiger partial charge in [0.25, 0.3) is 0 Å². The molecule has 0 atom stereocenters. The van der Waals surface area contributed by atoms with Gasteiger partial charge in [-0.15, -0.1) is 0 Å². The van der Waals surface area contributed by atoms with Gasteiger partial charge < -0.3 is 4.74 Å². The Labute approximate surface area is 96.6 Å². The van der Waals surface area contributed by atoms with Crippen molar-refractivity contribution in [3.8, 4) is 0 Å². The minimum Gasteiger partial charge on any atom is -0.376 e. The summed E-state index contributed by atoms with van der Waals surface area (Å²) in [4.78, 5) is 0. The smallest absolute Gasteiger partial charge is 0.0664 e. The number of hydrogen-bond donors (Lipinski definition) is 0. The average Bonchev–Trinajstić information content (AvgIpc) is 1.74. The van der Waals surface area contributed by atoms with Crippen LogP contribution in [0.25, 0.3) is 0 Å². The molecule has 0 fully saturated rings. The highest BCUT2D eigenvalue weighted by molar-refractivity contribution is 4.85. The van der Waals surface area contributed by atoms with E-state index >= 15 is 0 Å². The molecule has 92 valence electrons. The molecule has 1 nitrogen and oxygen atoms in total. The van der Waals surface area contributed by atoms with Gasteiger partial charge in [0.2, 0.25) is 0 Å². The molecule has 0 aliphatic rings. The largest absolute Gasteiger partial charge is 0.376 e. The van der Waals surface area contributed by atoms with Gasteiger partial charge in [-0.3, -0.25) is 0 Å². The van der Waals surface area contributed by atoms with Crippen LogP contribution >= 0.6 is 0 Å². The predicted molar refractivity (Wildman–Crippen MR) is 68.2 cm³/mol. The van der Waals surface area contributed by atoms with E-state index in [2.05, 4.69) is 55.4 Å². The molecule has 0 aliphatic heterocycles. The topological polar surface area (TPSA) is 9.23 Å². The van der Waals surface area contributed by atoms with E-state index < -0.39 is 0 Å². The second-order valence-electron chi connectivity index (χ2n) is 7.36. The lowest BCUT2D eigenvalue weighted by Crippen LogP contribution is -2.37. The molecule has 15 heavy (non-hydrogen) atoms. The quantitative estimate of drug-likeness (QED) is 0.661. The molecule has 0 amide bonds. The van der Waals surface area contributed by atoms with E-state index in [1.54, 1.807) is 0 Å². The second-order valence-corrected chi connectivity index (χ2v) is 7.36. The zero-order valence-corrected chi connectivity index (χ0v) is 12.0. The van der Waals surface area contributed by atoms with E-state index in [1.165, 1.54) is 0 Å². The monoisotopic (exact) mass is 214 g/mol. The standard InChI is InChI=1S/C14H30O/c1-9-15-14(8,10-12(2,3)4)11-13(5,6)7/h9-11H2,1-8H3. The van der Waals surface area contributed by atoms with E-state index in [1.807, 2.05) is 0 Å². The van der Waals surface area contributed by atoms with Gasteiger partial charge in [0, 0.05) is 6.61 Å². The summed E-state index contributed by atoms with van der Waals surface area (Å²) >= 11 is 0. The fourth-order valence-corrected chi connectivity index (χ4v) is 2.76. The van der Waals surface area contributed by atoms with Crippen LogP contribution in [0.2, 0.25) is 0 Å². The predicted octanol–water partition coefficient (Wildman–Crippen LogP) is 4.65. The normalized spacial score (nSPS) is 14.4. The van der Waals surface area contributed by atoms with E-state index in [0.29, 0.717) is 10.8 Å². The first kappa shape index (κ1) is 15.0. The lowest BCUT2D eigenvalue weighted by molar-refractivity contribution is -0.0746. The van der Waals surface area contributed by atoms with Crippen molar-refractivity contribution in [2.24, 2.45) is 10.8 Å². The lowest BCUT2D eigenvalue weighted by atomic mass is 9.74. The Morgan fingerprint density at radius 2 is 1.07 bits per heavy atom. The van der Waals surface area contributed by atoms with Crippen LogP contribution in [0.3, 0.4) is 0 Å². The van der Waals surface area contributed by atoms with E-state index in [9.17, 15) is 0 Å². The van der Waals surface area contributed by atoms with Crippen molar-refractivity contribution in [2.45, 2.75) is 73.8 Å². The molecule has 0 bridgehead atoms. The molecule has 0 aromatic carbocycles. The fraction of sp³-hybridized carbons (Fsp3) is 1.00. The zero-order valence-electron chi connectivity index (χ0n) is 12.0. The molecule has 1 heteroatoms. The Kier molecular flexibility index (Phi) is 4.85. The molecule has 0 aromatic heterocycles. The molecular weight excluding hydrogens is 184 g/mol. The molecule has 0 aromatic rings. The third-order valence-electron chi connectivity index (χ3n) is 2.30. The number of rotatable bonds is 4. The highest BCUT2D eigenvalue weighted by Gasteiger charge is 2.34. The van der Waals surface area contributed by atoms with Crippen LogP contribution in [0.15, 0.2) is 0 Å². The molecule has 0 unspecified atom stereocenters. The summed E-state index contributed by atoms with van der Waals surface area (Å²) < 4.78 is 5.98. The first-order valence-electron chi connectivity index (χ1n) is 6.11. The first-order valence-corrected chi connectivity index (χ1v) is 6.11. The summed E-state index contributed by atoms with van der Waals surface area (Å²) in [6.07, 6.45) is 2.23. The third-order valence-corrected chi connectivity index (χ3v) is 2.30. The van der Waals surface area contributed by atoms with Crippen LogP contribution in [-0.2, 0) is 4.74 Å². The summed E-state index contributed by atoms with van der Waals surface area (Å²) in [6, 6.07) is 0. The zero-order chi connectivity index (χ0) is 12.3. The molecule has 0 saturated carbocycles. The van der Waals surface area contributed by atoms with E-state index in [0.717, 1.165) is 19.4 Å². The number of ether oxygens (including phenoxy) is 1. The molecule has 0 radical (unpaired) electrons. The van der Waals surface area contributed by atoms with Crippen molar-refractivity contribution < 1.29 is 4.74 Å². The lowest BCUT2D eigenvalue weighted by Gasteiger charge is -2.39. The van der Waals surface area contributed by atoms with Gasteiger partial charge in [-0.1, -0.05) is 41.5 Å². The van der Waals surface area contributed by atoms with Gasteiger partial charge in [0.1, 0.15) is 0 Å². The van der Waals surface area contributed by atoms with Gasteiger partial charge in [-0.2, -0.15) is 0 Å². The highest BCUT2D eigenvalue weighted by atomic mass is 16.5. The SMILES string of the molecule is CCOC(C)(CC(C)(C)C)CC(C)(C)C. The molecular formula is C14H30O. The Morgan fingerprint density at radius 3 is 1.27 bits per heavy atom. The maximum Gasteiger partial charge on any atom is 0.0664 e. The summed E-state index contributed by atoms with van der Waals surface area (Å²) in [5.41, 5.74) is 0.676. The maximum atomic E-state index is 5.98. The maximum absolute atomic E-state index is 5.98. The molecule has 0 spiro atoms. The van der Waals surface area contributed by atoms with Crippen molar-refractivity contribution in [1.82, 2.24) is 0 Å². The molecule has 0 rings (SSSR count). The minimum absolute atomic E-state index is 0.0191. The minimum atomic E-state index is 0.0191. The van der Waals surface area contributed by atoms with Crippen molar-refractivity contribution in [3.05, 3.63) is 0 Å². The van der Waals surface area contributed by atoms with Crippen LogP contribution in [-0.4, -0.2) is 12.2 Å². The summed E-state index contributed by atoms with van der Waals surface area (Å²) in [7, 11) is 0. The Balaban J connectivity index is 4.59. The van der Waals surface area contributed by atoms with Crippen molar-refractivity contribution in [2.75, 3.05) is 6.61 Å². The Morgan fingerprint density at radius 1 is 0.733 bits per heavy atom. The summed E-state index contributed by atoms with van der Waals surface area (Å²) in [5.74, 6) is 0. The van der Waals surface area contributed by atoms with Gasteiger partial charge >= 0.3 is 0 Å². The van der Waals surface area contributed by atoms with Crippen LogP contribution in [0.4, 0.5) is 0 Å². The van der Waals surface area contributed by atoms with Crippen LogP contribution in [0.5, 0.6) is 0 Å². The number of hydrogen-bond acceptors (Lipinski definition) is 1. The van der Waals surface area contributed by atoms with Gasteiger partial charge in [-0.05, 0) is 37.5 Å². The highest BCUT2D eigenvalue weighted by Crippen LogP contribution is 2.38.